The van der Waals surface area contributed by atoms with Gasteiger partial charge in [0.15, 0.2) is 0 Å². The predicted molar refractivity (Wildman–Crippen MR) is 118 cm³/mol. The summed E-state index contributed by atoms with van der Waals surface area (Å²) in [5.41, 5.74) is 3.16. The molecule has 3 heterocycles. The van der Waals surface area contributed by atoms with E-state index in [1.165, 1.54) is 5.56 Å². The van der Waals surface area contributed by atoms with Gasteiger partial charge in [-0.1, -0.05) is 12.1 Å². The van der Waals surface area contributed by atoms with E-state index in [1.807, 2.05) is 30.4 Å². The Morgan fingerprint density at radius 3 is 2.67 bits per heavy atom. The summed E-state index contributed by atoms with van der Waals surface area (Å²) < 4.78 is 7.70. The van der Waals surface area contributed by atoms with Crippen LogP contribution in [-0.2, 0) is 13.1 Å². The molecule has 1 aromatic heterocycles. The number of fused-ring (bicyclic) bond motifs is 1. The van der Waals surface area contributed by atoms with Gasteiger partial charge in [-0.15, -0.1) is 0 Å². The van der Waals surface area contributed by atoms with Crippen molar-refractivity contribution < 1.29 is 9.53 Å². The predicted octanol–water partition coefficient (Wildman–Crippen LogP) is 3.92. The Labute approximate surface area is 179 Å². The number of carbonyl (C=O) groups is 1. The van der Waals surface area contributed by atoms with Crippen molar-refractivity contribution in [2.24, 2.45) is 0 Å². The van der Waals surface area contributed by atoms with Gasteiger partial charge in [-0.05, 0) is 70.3 Å². The fourth-order valence-corrected chi connectivity index (χ4v) is 4.60. The first-order valence-corrected chi connectivity index (χ1v) is 11.4. The van der Waals surface area contributed by atoms with Crippen LogP contribution in [0.1, 0.15) is 67.7 Å². The summed E-state index contributed by atoms with van der Waals surface area (Å²) in [6, 6.07) is 10.5. The van der Waals surface area contributed by atoms with Crippen LogP contribution in [0.5, 0.6) is 5.75 Å². The molecular weight excluding hydrogens is 376 g/mol. The van der Waals surface area contributed by atoms with E-state index in [0.717, 1.165) is 75.7 Å². The molecule has 0 saturated carbocycles. The van der Waals surface area contributed by atoms with Crippen molar-refractivity contribution in [2.75, 3.05) is 26.2 Å². The zero-order chi connectivity index (χ0) is 21.1. The quantitative estimate of drug-likeness (QED) is 0.724. The number of hydrogen-bond donors (Lipinski definition) is 0. The van der Waals surface area contributed by atoms with Crippen molar-refractivity contribution in [1.29, 1.82) is 0 Å². The molecule has 0 radical (unpaired) electrons. The molecule has 2 aromatic rings. The normalized spacial score (nSPS) is 20.3. The number of carbonyl (C=O) groups excluding carboxylic acids is 1. The van der Waals surface area contributed by atoms with Crippen LogP contribution in [0.2, 0.25) is 0 Å². The van der Waals surface area contributed by atoms with E-state index in [-0.39, 0.29) is 12.0 Å². The first kappa shape index (κ1) is 20.9. The molecule has 0 bridgehead atoms. The van der Waals surface area contributed by atoms with Crippen LogP contribution in [0.3, 0.4) is 0 Å². The van der Waals surface area contributed by atoms with Gasteiger partial charge in [-0.2, -0.15) is 5.10 Å². The average Bonchev–Trinajstić information content (AvgIpc) is 3.10. The summed E-state index contributed by atoms with van der Waals surface area (Å²) in [5.74, 6) is 1.45. The number of ether oxygens (including phenoxy) is 1. The van der Waals surface area contributed by atoms with Crippen molar-refractivity contribution in [3.63, 3.8) is 0 Å². The molecule has 1 unspecified atom stereocenters. The van der Waals surface area contributed by atoms with Crippen molar-refractivity contribution in [3.8, 4) is 5.75 Å². The SMILES string of the molecule is CCN1CCCn2nc(C3CCCN(Cc4ccc(OC(C)C)cc4)C3)cc2C1=O. The molecule has 0 spiro atoms. The van der Waals surface area contributed by atoms with E-state index in [2.05, 4.69) is 35.2 Å². The number of nitrogens with zero attached hydrogens (tertiary/aromatic N) is 4. The zero-order valence-electron chi connectivity index (χ0n) is 18.5. The Morgan fingerprint density at radius 1 is 1.13 bits per heavy atom. The second-order valence-corrected chi connectivity index (χ2v) is 8.80. The highest BCUT2D eigenvalue weighted by atomic mass is 16.5. The third kappa shape index (κ3) is 4.69. The molecule has 1 atom stereocenters. The first-order valence-electron chi connectivity index (χ1n) is 11.4. The second-order valence-electron chi connectivity index (χ2n) is 8.80. The number of benzene rings is 1. The van der Waals surface area contributed by atoms with E-state index in [9.17, 15) is 4.79 Å². The first-order chi connectivity index (χ1) is 14.5. The molecule has 2 aliphatic heterocycles. The van der Waals surface area contributed by atoms with Crippen LogP contribution in [0.15, 0.2) is 30.3 Å². The zero-order valence-corrected chi connectivity index (χ0v) is 18.5. The van der Waals surface area contributed by atoms with Gasteiger partial charge in [0.2, 0.25) is 0 Å². The minimum atomic E-state index is 0.130. The third-order valence-electron chi connectivity index (χ3n) is 6.11. The lowest BCUT2D eigenvalue weighted by atomic mass is 9.94. The summed E-state index contributed by atoms with van der Waals surface area (Å²) in [4.78, 5) is 17.3. The maximum absolute atomic E-state index is 12.8. The van der Waals surface area contributed by atoms with Crippen molar-refractivity contribution in [2.45, 2.75) is 65.1 Å². The molecule has 1 amide bonds. The number of amides is 1. The number of rotatable bonds is 6. The third-order valence-corrected chi connectivity index (χ3v) is 6.11. The lowest BCUT2D eigenvalue weighted by Crippen LogP contribution is -2.34. The highest BCUT2D eigenvalue weighted by Gasteiger charge is 2.28. The van der Waals surface area contributed by atoms with Gasteiger partial charge in [-0.25, -0.2) is 0 Å². The Hall–Kier alpha value is -2.34. The van der Waals surface area contributed by atoms with Crippen LogP contribution in [0.4, 0.5) is 0 Å². The van der Waals surface area contributed by atoms with E-state index in [0.29, 0.717) is 5.92 Å². The maximum atomic E-state index is 12.8. The standard InChI is InChI=1S/C24H34N4O2/c1-4-27-13-6-14-28-23(24(27)29)15-22(25-28)20-7-5-12-26(17-20)16-19-8-10-21(11-9-19)30-18(2)3/h8-11,15,18,20H,4-7,12-14,16-17H2,1-3H3. The molecule has 30 heavy (non-hydrogen) atoms. The number of hydrogen-bond acceptors (Lipinski definition) is 4. The molecule has 6 heteroatoms. The number of aromatic nitrogens is 2. The second kappa shape index (κ2) is 9.21. The van der Waals surface area contributed by atoms with Gasteiger partial charge in [0.05, 0.1) is 11.8 Å². The molecule has 1 saturated heterocycles. The Morgan fingerprint density at radius 2 is 1.93 bits per heavy atom. The topological polar surface area (TPSA) is 50.6 Å². The van der Waals surface area contributed by atoms with E-state index in [1.54, 1.807) is 0 Å². The van der Waals surface area contributed by atoms with Gasteiger partial charge in [0, 0.05) is 38.6 Å². The van der Waals surface area contributed by atoms with Gasteiger partial charge >= 0.3 is 0 Å². The average molecular weight is 411 g/mol. The molecule has 162 valence electrons. The van der Waals surface area contributed by atoms with Crippen LogP contribution >= 0.6 is 0 Å². The maximum Gasteiger partial charge on any atom is 0.272 e. The Kier molecular flexibility index (Phi) is 6.42. The molecule has 0 N–H and O–H groups in total. The van der Waals surface area contributed by atoms with Crippen molar-refractivity contribution >= 4 is 5.91 Å². The summed E-state index contributed by atoms with van der Waals surface area (Å²) in [6.07, 6.45) is 3.47. The van der Waals surface area contributed by atoms with Crippen LogP contribution in [-0.4, -0.2) is 57.8 Å². The molecule has 1 aromatic carbocycles. The lowest BCUT2D eigenvalue weighted by molar-refractivity contribution is 0.0766. The molecule has 2 aliphatic rings. The Balaban J connectivity index is 1.42. The molecular formula is C24H34N4O2. The highest BCUT2D eigenvalue weighted by Crippen LogP contribution is 2.29. The fraction of sp³-hybridized carbons (Fsp3) is 0.583. The Bertz CT molecular complexity index is 859. The van der Waals surface area contributed by atoms with E-state index in [4.69, 9.17) is 9.84 Å². The molecule has 4 rings (SSSR count). The minimum Gasteiger partial charge on any atom is -0.491 e. The number of likely N-dealkylation sites (tertiary alicyclic amines) is 1. The van der Waals surface area contributed by atoms with Gasteiger partial charge in [0.25, 0.3) is 5.91 Å². The van der Waals surface area contributed by atoms with Crippen LogP contribution < -0.4 is 4.74 Å². The van der Waals surface area contributed by atoms with Gasteiger partial charge in [0.1, 0.15) is 11.4 Å². The smallest absolute Gasteiger partial charge is 0.272 e. The monoisotopic (exact) mass is 410 g/mol. The lowest BCUT2D eigenvalue weighted by Gasteiger charge is -2.32. The van der Waals surface area contributed by atoms with Crippen LogP contribution in [0.25, 0.3) is 0 Å². The van der Waals surface area contributed by atoms with E-state index >= 15 is 0 Å². The van der Waals surface area contributed by atoms with E-state index < -0.39 is 0 Å². The summed E-state index contributed by atoms with van der Waals surface area (Å²) in [7, 11) is 0. The fourth-order valence-electron chi connectivity index (χ4n) is 4.60. The summed E-state index contributed by atoms with van der Waals surface area (Å²) >= 11 is 0. The van der Waals surface area contributed by atoms with Gasteiger partial charge < -0.3 is 9.64 Å². The van der Waals surface area contributed by atoms with Crippen LogP contribution in [0, 0.1) is 0 Å². The minimum absolute atomic E-state index is 0.130. The molecule has 6 nitrogen and oxygen atoms in total. The highest BCUT2D eigenvalue weighted by molar-refractivity contribution is 5.93. The largest absolute Gasteiger partial charge is 0.491 e. The summed E-state index contributed by atoms with van der Waals surface area (Å²) in [5, 5.41) is 4.86. The van der Waals surface area contributed by atoms with Gasteiger partial charge in [-0.3, -0.25) is 14.4 Å². The summed E-state index contributed by atoms with van der Waals surface area (Å²) in [6.45, 7) is 11.6. The van der Waals surface area contributed by atoms with Crippen molar-refractivity contribution in [3.05, 3.63) is 47.3 Å². The number of aryl methyl sites for hydroxylation is 1. The molecule has 0 aliphatic carbocycles. The van der Waals surface area contributed by atoms with Crippen molar-refractivity contribution in [1.82, 2.24) is 19.6 Å². The number of piperidine rings is 1. The molecule has 1 fully saturated rings.